The van der Waals surface area contributed by atoms with Gasteiger partial charge in [-0.05, 0) is 30.8 Å². The van der Waals surface area contributed by atoms with E-state index in [4.69, 9.17) is 14.3 Å². The molecule has 0 amide bonds. The Morgan fingerprint density at radius 1 is 1.09 bits per heavy atom. The molecule has 0 radical (unpaired) electrons. The standard InChI is InChI=1S/C22H23N5O.C2HF3O2/c1-25-11-12-26(15-19-8-5-13-28-19)16-21(25)22-20-10-9-18(14-27(20)24-23-22)17-6-3-2-4-7-17;3-2(4,5)1(6)7/h2-10,13-14,21H,11-12,15-16H2,1H3;(H,6,7). The van der Waals surface area contributed by atoms with Gasteiger partial charge in [0.1, 0.15) is 11.5 Å². The highest BCUT2D eigenvalue weighted by molar-refractivity contribution is 5.73. The van der Waals surface area contributed by atoms with Crippen molar-refractivity contribution in [3.05, 3.63) is 78.5 Å². The molecule has 5 rings (SSSR count). The molecule has 4 aromatic rings. The number of pyridine rings is 1. The lowest BCUT2D eigenvalue weighted by Crippen LogP contribution is -2.46. The Kier molecular flexibility index (Phi) is 7.17. The number of piperazine rings is 1. The number of aliphatic carboxylic acids is 1. The highest BCUT2D eigenvalue weighted by Gasteiger charge is 2.38. The van der Waals surface area contributed by atoms with Crippen LogP contribution in [0.3, 0.4) is 0 Å². The maximum atomic E-state index is 10.6. The predicted molar refractivity (Wildman–Crippen MR) is 121 cm³/mol. The summed E-state index contributed by atoms with van der Waals surface area (Å²) in [4.78, 5) is 13.7. The number of carboxylic acid groups (broad SMARTS) is 1. The van der Waals surface area contributed by atoms with Crippen LogP contribution in [-0.4, -0.2) is 68.6 Å². The third kappa shape index (κ3) is 5.87. The number of rotatable bonds is 4. The van der Waals surface area contributed by atoms with Crippen molar-refractivity contribution < 1.29 is 27.5 Å². The van der Waals surface area contributed by atoms with Gasteiger partial charge in [-0.3, -0.25) is 9.80 Å². The summed E-state index contributed by atoms with van der Waals surface area (Å²) in [6, 6.07) is 18.8. The SMILES string of the molecule is CN1CCN(Cc2ccco2)CC1c1nnn2cc(-c3ccccc3)ccc12.O=C(O)C(F)(F)F. The molecule has 11 heteroatoms. The van der Waals surface area contributed by atoms with E-state index in [2.05, 4.69) is 69.8 Å². The molecular weight excluding hydrogens is 463 g/mol. The van der Waals surface area contributed by atoms with E-state index in [1.807, 2.05) is 22.7 Å². The Morgan fingerprint density at radius 3 is 2.49 bits per heavy atom. The summed E-state index contributed by atoms with van der Waals surface area (Å²) < 4.78 is 39.2. The van der Waals surface area contributed by atoms with Crippen LogP contribution in [0, 0.1) is 0 Å². The maximum Gasteiger partial charge on any atom is 0.490 e. The number of hydrogen-bond donors (Lipinski definition) is 1. The van der Waals surface area contributed by atoms with Crippen molar-refractivity contribution >= 4 is 11.5 Å². The average molecular weight is 487 g/mol. The largest absolute Gasteiger partial charge is 0.490 e. The third-order valence-electron chi connectivity index (χ3n) is 5.80. The van der Waals surface area contributed by atoms with Crippen LogP contribution in [0.4, 0.5) is 13.2 Å². The Hall–Kier alpha value is -3.70. The van der Waals surface area contributed by atoms with Crippen LogP contribution in [0.25, 0.3) is 16.6 Å². The molecular formula is C24H24F3N5O3. The van der Waals surface area contributed by atoms with Gasteiger partial charge in [0.05, 0.1) is 24.4 Å². The first-order valence-corrected chi connectivity index (χ1v) is 10.9. The minimum atomic E-state index is -5.08. The van der Waals surface area contributed by atoms with E-state index in [0.717, 1.165) is 48.7 Å². The summed E-state index contributed by atoms with van der Waals surface area (Å²) in [5.74, 6) is -1.75. The summed E-state index contributed by atoms with van der Waals surface area (Å²) in [7, 11) is 2.17. The number of nitrogens with zero attached hydrogens (tertiary/aromatic N) is 5. The van der Waals surface area contributed by atoms with E-state index in [1.54, 1.807) is 6.26 Å². The second kappa shape index (κ2) is 10.3. The summed E-state index contributed by atoms with van der Waals surface area (Å²) >= 11 is 0. The van der Waals surface area contributed by atoms with Crippen molar-refractivity contribution in [2.24, 2.45) is 0 Å². The Labute approximate surface area is 199 Å². The number of likely N-dealkylation sites (N-methyl/N-ethyl adjacent to an activating group) is 1. The van der Waals surface area contributed by atoms with Gasteiger partial charge < -0.3 is 9.52 Å². The Morgan fingerprint density at radius 2 is 1.83 bits per heavy atom. The molecule has 8 nitrogen and oxygen atoms in total. The van der Waals surface area contributed by atoms with Gasteiger partial charge in [0.25, 0.3) is 0 Å². The lowest BCUT2D eigenvalue weighted by Gasteiger charge is -2.38. The van der Waals surface area contributed by atoms with E-state index in [-0.39, 0.29) is 6.04 Å². The normalized spacial score (nSPS) is 17.2. The molecule has 1 unspecified atom stereocenters. The van der Waals surface area contributed by atoms with Crippen molar-refractivity contribution in [3.8, 4) is 11.1 Å². The summed E-state index contributed by atoms with van der Waals surface area (Å²) in [5, 5.41) is 16.1. The molecule has 1 N–H and O–H groups in total. The van der Waals surface area contributed by atoms with Crippen molar-refractivity contribution in [2.45, 2.75) is 18.8 Å². The van der Waals surface area contributed by atoms with Gasteiger partial charge in [0.2, 0.25) is 0 Å². The van der Waals surface area contributed by atoms with Crippen LogP contribution in [0.15, 0.2) is 71.5 Å². The number of fused-ring (bicyclic) bond motifs is 1. The van der Waals surface area contributed by atoms with Crippen molar-refractivity contribution in [1.29, 1.82) is 0 Å². The zero-order chi connectivity index (χ0) is 25.0. The highest BCUT2D eigenvalue weighted by Crippen LogP contribution is 2.28. The number of carboxylic acids is 1. The minimum absolute atomic E-state index is 0.212. The zero-order valence-electron chi connectivity index (χ0n) is 18.9. The fraction of sp³-hybridized carbons (Fsp3) is 0.292. The quantitative estimate of drug-likeness (QED) is 0.464. The highest BCUT2D eigenvalue weighted by atomic mass is 19.4. The van der Waals surface area contributed by atoms with Crippen LogP contribution in [0.2, 0.25) is 0 Å². The van der Waals surface area contributed by atoms with E-state index in [0.29, 0.717) is 0 Å². The molecule has 0 aliphatic carbocycles. The first-order chi connectivity index (χ1) is 16.7. The molecule has 4 heterocycles. The molecule has 1 aliphatic rings. The molecule has 1 aliphatic heterocycles. The zero-order valence-corrected chi connectivity index (χ0v) is 18.9. The molecule has 0 saturated carbocycles. The van der Waals surface area contributed by atoms with Gasteiger partial charge >= 0.3 is 12.1 Å². The summed E-state index contributed by atoms with van der Waals surface area (Å²) in [6.45, 7) is 3.75. The topological polar surface area (TPSA) is 87.1 Å². The predicted octanol–water partition coefficient (Wildman–Crippen LogP) is 4.11. The minimum Gasteiger partial charge on any atom is -0.475 e. The first-order valence-electron chi connectivity index (χ1n) is 10.9. The molecule has 1 fully saturated rings. The van der Waals surface area contributed by atoms with Gasteiger partial charge in [-0.25, -0.2) is 9.31 Å². The Bertz CT molecular complexity index is 1260. The van der Waals surface area contributed by atoms with Gasteiger partial charge in [0.15, 0.2) is 0 Å². The molecule has 1 atom stereocenters. The van der Waals surface area contributed by atoms with E-state index in [9.17, 15) is 13.2 Å². The van der Waals surface area contributed by atoms with Crippen LogP contribution >= 0.6 is 0 Å². The number of aromatic nitrogens is 3. The van der Waals surface area contributed by atoms with E-state index >= 15 is 0 Å². The van der Waals surface area contributed by atoms with Crippen molar-refractivity contribution in [2.75, 3.05) is 26.7 Å². The van der Waals surface area contributed by atoms with Crippen LogP contribution in [-0.2, 0) is 11.3 Å². The third-order valence-corrected chi connectivity index (χ3v) is 5.80. The second-order valence-corrected chi connectivity index (χ2v) is 8.20. The van der Waals surface area contributed by atoms with Crippen molar-refractivity contribution in [3.63, 3.8) is 0 Å². The van der Waals surface area contributed by atoms with Gasteiger partial charge in [-0.1, -0.05) is 41.6 Å². The smallest absolute Gasteiger partial charge is 0.475 e. The lowest BCUT2D eigenvalue weighted by atomic mass is 10.1. The molecule has 1 saturated heterocycles. The number of halogens is 3. The Balaban J connectivity index is 0.000000364. The van der Waals surface area contributed by atoms with E-state index < -0.39 is 12.1 Å². The number of carbonyl (C=O) groups is 1. The molecule has 0 bridgehead atoms. The molecule has 1 aromatic carbocycles. The fourth-order valence-electron chi connectivity index (χ4n) is 3.94. The monoisotopic (exact) mass is 487 g/mol. The summed E-state index contributed by atoms with van der Waals surface area (Å²) in [6.07, 6.45) is -1.29. The maximum absolute atomic E-state index is 10.6. The lowest BCUT2D eigenvalue weighted by molar-refractivity contribution is -0.192. The second-order valence-electron chi connectivity index (χ2n) is 8.20. The van der Waals surface area contributed by atoms with Crippen molar-refractivity contribution in [1.82, 2.24) is 24.6 Å². The van der Waals surface area contributed by atoms with Crippen LogP contribution < -0.4 is 0 Å². The molecule has 3 aromatic heterocycles. The first kappa shape index (κ1) is 24.4. The van der Waals surface area contributed by atoms with Gasteiger partial charge in [-0.15, -0.1) is 5.10 Å². The van der Waals surface area contributed by atoms with Crippen LogP contribution in [0.5, 0.6) is 0 Å². The molecule has 0 spiro atoms. The number of furan rings is 1. The molecule has 35 heavy (non-hydrogen) atoms. The number of alkyl halides is 3. The number of benzene rings is 1. The average Bonchev–Trinajstić information content (AvgIpc) is 3.50. The van der Waals surface area contributed by atoms with Gasteiger partial charge in [-0.2, -0.15) is 13.2 Å². The van der Waals surface area contributed by atoms with E-state index in [1.165, 1.54) is 5.56 Å². The number of hydrogen-bond acceptors (Lipinski definition) is 6. The molecule has 184 valence electrons. The van der Waals surface area contributed by atoms with Crippen LogP contribution in [0.1, 0.15) is 17.5 Å². The van der Waals surface area contributed by atoms with Gasteiger partial charge in [0, 0.05) is 31.4 Å². The fourth-order valence-corrected chi connectivity index (χ4v) is 3.94. The summed E-state index contributed by atoms with van der Waals surface area (Å²) in [5.41, 5.74) is 4.42.